The molecule has 0 saturated heterocycles. The lowest BCUT2D eigenvalue weighted by Crippen LogP contribution is -2.37. The van der Waals surface area contributed by atoms with E-state index in [1.807, 2.05) is 11.8 Å². The van der Waals surface area contributed by atoms with Gasteiger partial charge in [-0.3, -0.25) is 0 Å². The standard InChI is InChI=1S/C12H18N2S/c1-9(8-13)14-11-6-7-15-12-5-3-2-4-10(11)12/h2-5,9,11,14H,6-8,13H2,1H3. The molecule has 2 nitrogen and oxygen atoms in total. The van der Waals surface area contributed by atoms with Gasteiger partial charge in [0.15, 0.2) is 0 Å². The van der Waals surface area contributed by atoms with Crippen molar-refractivity contribution in [2.45, 2.75) is 30.3 Å². The van der Waals surface area contributed by atoms with Gasteiger partial charge >= 0.3 is 0 Å². The zero-order chi connectivity index (χ0) is 10.7. The van der Waals surface area contributed by atoms with E-state index in [1.165, 1.54) is 22.6 Å². The van der Waals surface area contributed by atoms with Crippen LogP contribution in [0.15, 0.2) is 29.2 Å². The zero-order valence-electron chi connectivity index (χ0n) is 9.07. The van der Waals surface area contributed by atoms with Crippen molar-refractivity contribution in [3.05, 3.63) is 29.8 Å². The molecule has 1 aromatic carbocycles. The molecule has 0 radical (unpaired) electrons. The van der Waals surface area contributed by atoms with Gasteiger partial charge in [0, 0.05) is 23.5 Å². The molecule has 0 aliphatic carbocycles. The Hall–Kier alpha value is -0.510. The van der Waals surface area contributed by atoms with Gasteiger partial charge in [0.2, 0.25) is 0 Å². The van der Waals surface area contributed by atoms with E-state index in [4.69, 9.17) is 5.73 Å². The molecule has 0 amide bonds. The predicted octanol–water partition coefficient (Wildman–Crippen LogP) is 2.16. The Morgan fingerprint density at radius 3 is 3.13 bits per heavy atom. The van der Waals surface area contributed by atoms with E-state index in [2.05, 4.69) is 36.5 Å². The van der Waals surface area contributed by atoms with Crippen molar-refractivity contribution in [3.8, 4) is 0 Å². The number of hydrogen-bond donors (Lipinski definition) is 2. The summed E-state index contributed by atoms with van der Waals surface area (Å²) < 4.78 is 0. The first-order chi connectivity index (χ1) is 7.31. The fourth-order valence-electron chi connectivity index (χ4n) is 1.93. The van der Waals surface area contributed by atoms with E-state index in [1.54, 1.807) is 0 Å². The lowest BCUT2D eigenvalue weighted by Gasteiger charge is -2.28. The van der Waals surface area contributed by atoms with Crippen molar-refractivity contribution < 1.29 is 0 Å². The van der Waals surface area contributed by atoms with Gasteiger partial charge in [0.1, 0.15) is 0 Å². The maximum atomic E-state index is 5.64. The molecule has 0 bridgehead atoms. The van der Waals surface area contributed by atoms with Crippen LogP contribution < -0.4 is 11.1 Å². The quantitative estimate of drug-likeness (QED) is 0.823. The van der Waals surface area contributed by atoms with Gasteiger partial charge in [0.05, 0.1) is 0 Å². The van der Waals surface area contributed by atoms with Gasteiger partial charge < -0.3 is 11.1 Å². The molecule has 0 aromatic heterocycles. The van der Waals surface area contributed by atoms with Crippen LogP contribution in [0.2, 0.25) is 0 Å². The molecule has 1 heterocycles. The smallest absolute Gasteiger partial charge is 0.0342 e. The van der Waals surface area contributed by atoms with Gasteiger partial charge in [-0.2, -0.15) is 0 Å². The molecular weight excluding hydrogens is 204 g/mol. The zero-order valence-corrected chi connectivity index (χ0v) is 9.89. The van der Waals surface area contributed by atoms with Crippen LogP contribution in [-0.4, -0.2) is 18.3 Å². The number of benzene rings is 1. The predicted molar refractivity (Wildman–Crippen MR) is 66.2 cm³/mol. The van der Waals surface area contributed by atoms with Crippen molar-refractivity contribution in [2.24, 2.45) is 5.73 Å². The maximum absolute atomic E-state index is 5.64. The monoisotopic (exact) mass is 222 g/mol. The second-order valence-corrected chi connectivity index (χ2v) is 5.17. The number of nitrogens with one attached hydrogen (secondary N) is 1. The van der Waals surface area contributed by atoms with E-state index in [9.17, 15) is 0 Å². The summed E-state index contributed by atoms with van der Waals surface area (Å²) >= 11 is 1.96. The fraction of sp³-hybridized carbons (Fsp3) is 0.500. The first kappa shape index (κ1) is 11.0. The number of nitrogens with two attached hydrogens (primary N) is 1. The Morgan fingerprint density at radius 1 is 1.53 bits per heavy atom. The van der Waals surface area contributed by atoms with Crippen LogP contribution in [0.3, 0.4) is 0 Å². The van der Waals surface area contributed by atoms with E-state index < -0.39 is 0 Å². The third-order valence-corrected chi connectivity index (χ3v) is 3.92. The molecule has 3 N–H and O–H groups in total. The summed E-state index contributed by atoms with van der Waals surface area (Å²) in [6.07, 6.45) is 1.20. The highest BCUT2D eigenvalue weighted by molar-refractivity contribution is 7.99. The summed E-state index contributed by atoms with van der Waals surface area (Å²) in [7, 11) is 0. The third kappa shape index (κ3) is 2.54. The molecule has 3 heteroatoms. The molecule has 2 atom stereocenters. The van der Waals surface area contributed by atoms with Crippen LogP contribution in [0, 0.1) is 0 Å². The molecule has 0 spiro atoms. The lowest BCUT2D eigenvalue weighted by atomic mass is 10.0. The summed E-state index contributed by atoms with van der Waals surface area (Å²) in [6.45, 7) is 2.84. The Labute approximate surface area is 95.6 Å². The van der Waals surface area contributed by atoms with Crippen molar-refractivity contribution in [3.63, 3.8) is 0 Å². The minimum absolute atomic E-state index is 0.395. The van der Waals surface area contributed by atoms with Crippen molar-refractivity contribution in [1.82, 2.24) is 5.32 Å². The highest BCUT2D eigenvalue weighted by Crippen LogP contribution is 2.35. The average Bonchev–Trinajstić information content (AvgIpc) is 2.29. The van der Waals surface area contributed by atoms with Crippen LogP contribution in [0.1, 0.15) is 24.9 Å². The highest BCUT2D eigenvalue weighted by atomic mass is 32.2. The minimum atomic E-state index is 0.395. The molecule has 82 valence electrons. The Kier molecular flexibility index (Phi) is 3.67. The number of thioether (sulfide) groups is 1. The number of fused-ring (bicyclic) bond motifs is 1. The normalized spacial score (nSPS) is 22.1. The average molecular weight is 222 g/mol. The first-order valence-electron chi connectivity index (χ1n) is 5.49. The second kappa shape index (κ2) is 5.01. The van der Waals surface area contributed by atoms with Crippen molar-refractivity contribution in [2.75, 3.05) is 12.3 Å². The summed E-state index contributed by atoms with van der Waals surface area (Å²) in [6, 6.07) is 9.54. The SMILES string of the molecule is CC(CN)NC1CCSc2ccccc21. The largest absolute Gasteiger partial charge is 0.329 e. The molecule has 2 unspecified atom stereocenters. The van der Waals surface area contributed by atoms with E-state index in [-0.39, 0.29) is 0 Å². The summed E-state index contributed by atoms with van der Waals surface area (Å²) in [5.41, 5.74) is 7.08. The first-order valence-corrected chi connectivity index (χ1v) is 6.47. The molecule has 15 heavy (non-hydrogen) atoms. The minimum Gasteiger partial charge on any atom is -0.329 e. The van der Waals surface area contributed by atoms with Crippen LogP contribution >= 0.6 is 11.8 Å². The molecule has 0 saturated carbocycles. The van der Waals surface area contributed by atoms with Crippen LogP contribution in [0.25, 0.3) is 0 Å². The fourth-order valence-corrected chi connectivity index (χ4v) is 3.05. The van der Waals surface area contributed by atoms with Gasteiger partial charge in [-0.05, 0) is 30.7 Å². The molecule has 1 aromatic rings. The molecular formula is C12H18N2S. The van der Waals surface area contributed by atoms with Crippen LogP contribution in [0.5, 0.6) is 0 Å². The summed E-state index contributed by atoms with van der Waals surface area (Å²) in [4.78, 5) is 1.42. The molecule has 1 aliphatic rings. The summed E-state index contributed by atoms with van der Waals surface area (Å²) in [5, 5.41) is 3.59. The second-order valence-electron chi connectivity index (χ2n) is 4.03. The molecule has 2 rings (SSSR count). The van der Waals surface area contributed by atoms with Crippen LogP contribution in [-0.2, 0) is 0 Å². The topological polar surface area (TPSA) is 38.0 Å². The van der Waals surface area contributed by atoms with E-state index in [0.29, 0.717) is 18.6 Å². The number of hydrogen-bond acceptors (Lipinski definition) is 3. The van der Waals surface area contributed by atoms with Gasteiger partial charge in [-0.15, -0.1) is 11.8 Å². The Bertz CT molecular complexity index is 327. The third-order valence-electron chi connectivity index (χ3n) is 2.80. The van der Waals surface area contributed by atoms with Gasteiger partial charge in [-0.25, -0.2) is 0 Å². The van der Waals surface area contributed by atoms with Crippen molar-refractivity contribution >= 4 is 11.8 Å². The Morgan fingerprint density at radius 2 is 2.33 bits per heavy atom. The van der Waals surface area contributed by atoms with Gasteiger partial charge in [-0.1, -0.05) is 18.2 Å². The highest BCUT2D eigenvalue weighted by Gasteiger charge is 2.20. The maximum Gasteiger partial charge on any atom is 0.0342 e. The van der Waals surface area contributed by atoms with E-state index in [0.717, 1.165) is 0 Å². The van der Waals surface area contributed by atoms with E-state index >= 15 is 0 Å². The number of rotatable bonds is 3. The van der Waals surface area contributed by atoms with Crippen LogP contribution in [0.4, 0.5) is 0 Å². The van der Waals surface area contributed by atoms with Gasteiger partial charge in [0.25, 0.3) is 0 Å². The van der Waals surface area contributed by atoms with Crippen molar-refractivity contribution in [1.29, 1.82) is 0 Å². The summed E-state index contributed by atoms with van der Waals surface area (Å²) in [5.74, 6) is 1.20. The molecule has 1 aliphatic heterocycles. The lowest BCUT2D eigenvalue weighted by molar-refractivity contribution is 0.445. The molecule has 0 fully saturated rings. The Balaban J connectivity index is 2.15.